The summed E-state index contributed by atoms with van der Waals surface area (Å²) in [5, 5.41) is 32.4. The van der Waals surface area contributed by atoms with Gasteiger partial charge in [0, 0.05) is 26.2 Å². The molecule has 0 rings (SSSR count). The van der Waals surface area contributed by atoms with Gasteiger partial charge in [0.1, 0.15) is 0 Å². The molecule has 80 valence electrons. The zero-order valence-corrected chi connectivity index (χ0v) is 8.03. The normalized spacial score (nSPS) is 15.7. The molecular weight excluding hydrogens is 172 g/mol. The lowest BCUT2D eigenvalue weighted by Crippen LogP contribution is -2.38. The summed E-state index contributed by atoms with van der Waals surface area (Å²) in [4.78, 5) is 0. The van der Waals surface area contributed by atoms with Crippen molar-refractivity contribution < 1.29 is 15.3 Å². The van der Waals surface area contributed by atoms with E-state index in [1.54, 1.807) is 6.92 Å². The maximum Gasteiger partial charge on any atom is 0.0788 e. The van der Waals surface area contributed by atoms with E-state index < -0.39 is 12.2 Å². The van der Waals surface area contributed by atoms with Crippen molar-refractivity contribution in [3.05, 3.63) is 0 Å². The summed E-state index contributed by atoms with van der Waals surface area (Å²) in [7, 11) is 0. The molecule has 0 aliphatic carbocycles. The zero-order chi connectivity index (χ0) is 10.1. The molecule has 0 fully saturated rings. The molecule has 0 spiro atoms. The zero-order valence-electron chi connectivity index (χ0n) is 8.03. The van der Waals surface area contributed by atoms with E-state index in [0.29, 0.717) is 26.2 Å². The number of aliphatic hydroxyl groups excluding tert-OH is 3. The maximum atomic E-state index is 9.30. The molecule has 0 bridgehead atoms. The minimum Gasteiger partial charge on any atom is -0.395 e. The van der Waals surface area contributed by atoms with E-state index in [9.17, 15) is 5.11 Å². The van der Waals surface area contributed by atoms with Gasteiger partial charge in [0.15, 0.2) is 0 Å². The second kappa shape index (κ2) is 8.40. The van der Waals surface area contributed by atoms with Gasteiger partial charge in [-0.1, -0.05) is 0 Å². The van der Waals surface area contributed by atoms with Gasteiger partial charge < -0.3 is 26.0 Å². The van der Waals surface area contributed by atoms with Gasteiger partial charge in [0.2, 0.25) is 0 Å². The summed E-state index contributed by atoms with van der Waals surface area (Å²) in [6, 6.07) is 0. The van der Waals surface area contributed by atoms with Crippen LogP contribution in [0, 0.1) is 0 Å². The Balaban J connectivity index is 3.15. The second-order valence-electron chi connectivity index (χ2n) is 3.09. The van der Waals surface area contributed by atoms with Crippen molar-refractivity contribution in [1.82, 2.24) is 10.6 Å². The number of rotatable bonds is 8. The van der Waals surface area contributed by atoms with Crippen LogP contribution in [0.25, 0.3) is 0 Å². The van der Waals surface area contributed by atoms with Gasteiger partial charge in [0.25, 0.3) is 0 Å². The number of aliphatic hydroxyl groups is 3. The first kappa shape index (κ1) is 12.8. The first-order valence-corrected chi connectivity index (χ1v) is 4.55. The van der Waals surface area contributed by atoms with E-state index in [4.69, 9.17) is 10.2 Å². The molecule has 0 aliphatic rings. The first-order chi connectivity index (χ1) is 6.16. The van der Waals surface area contributed by atoms with Gasteiger partial charge in [-0.15, -0.1) is 0 Å². The van der Waals surface area contributed by atoms with Crippen LogP contribution in [0.3, 0.4) is 0 Å². The van der Waals surface area contributed by atoms with Crippen molar-refractivity contribution in [2.24, 2.45) is 0 Å². The average Bonchev–Trinajstić information content (AvgIpc) is 2.04. The minimum atomic E-state index is -0.481. The van der Waals surface area contributed by atoms with Crippen LogP contribution in [0.4, 0.5) is 0 Å². The average molecular weight is 192 g/mol. The van der Waals surface area contributed by atoms with Crippen molar-refractivity contribution in [2.75, 3.05) is 32.8 Å². The van der Waals surface area contributed by atoms with E-state index in [1.807, 2.05) is 0 Å². The minimum absolute atomic E-state index is 0.0772. The Hall–Kier alpha value is -0.200. The molecule has 2 atom stereocenters. The molecule has 0 aromatic rings. The van der Waals surface area contributed by atoms with E-state index in [-0.39, 0.29) is 6.61 Å². The van der Waals surface area contributed by atoms with E-state index in [0.717, 1.165) is 0 Å². The highest BCUT2D eigenvalue weighted by Gasteiger charge is 2.02. The summed E-state index contributed by atoms with van der Waals surface area (Å²) in [6.07, 6.45) is -0.872. The van der Waals surface area contributed by atoms with E-state index in [2.05, 4.69) is 10.6 Å². The number of hydrogen-bond donors (Lipinski definition) is 5. The molecule has 5 heteroatoms. The molecule has 0 aromatic carbocycles. The third kappa shape index (κ3) is 9.72. The van der Waals surface area contributed by atoms with Gasteiger partial charge in [-0.25, -0.2) is 0 Å². The molecule has 13 heavy (non-hydrogen) atoms. The summed E-state index contributed by atoms with van der Waals surface area (Å²) < 4.78 is 0. The fraction of sp³-hybridized carbons (Fsp3) is 1.00. The Kier molecular flexibility index (Phi) is 8.27. The quantitative estimate of drug-likeness (QED) is 0.284. The van der Waals surface area contributed by atoms with Crippen LogP contribution in [0.15, 0.2) is 0 Å². The molecule has 0 saturated carbocycles. The Morgan fingerprint density at radius 2 is 1.69 bits per heavy atom. The second-order valence-corrected chi connectivity index (χ2v) is 3.09. The van der Waals surface area contributed by atoms with Crippen LogP contribution in [0.5, 0.6) is 0 Å². The lowest BCUT2D eigenvalue weighted by molar-refractivity contribution is 0.150. The molecule has 5 nitrogen and oxygen atoms in total. The monoisotopic (exact) mass is 192 g/mol. The molecule has 0 saturated heterocycles. The SMILES string of the molecule is CC(O)CNCC(O)CNCCO. The maximum absolute atomic E-state index is 9.30. The lowest BCUT2D eigenvalue weighted by Gasteiger charge is -2.13. The van der Waals surface area contributed by atoms with Crippen molar-refractivity contribution in [2.45, 2.75) is 19.1 Å². The van der Waals surface area contributed by atoms with Crippen molar-refractivity contribution in [3.63, 3.8) is 0 Å². The Morgan fingerprint density at radius 3 is 2.23 bits per heavy atom. The van der Waals surface area contributed by atoms with Gasteiger partial charge in [-0.2, -0.15) is 0 Å². The van der Waals surface area contributed by atoms with Crippen LogP contribution >= 0.6 is 0 Å². The smallest absolute Gasteiger partial charge is 0.0788 e. The summed E-state index contributed by atoms with van der Waals surface area (Å²) in [6.45, 7) is 3.64. The molecule has 0 radical (unpaired) electrons. The highest BCUT2D eigenvalue weighted by atomic mass is 16.3. The molecular formula is C8H20N2O3. The van der Waals surface area contributed by atoms with Crippen molar-refractivity contribution in [3.8, 4) is 0 Å². The fourth-order valence-electron chi connectivity index (χ4n) is 0.879. The van der Waals surface area contributed by atoms with Crippen LogP contribution in [-0.2, 0) is 0 Å². The van der Waals surface area contributed by atoms with Crippen LogP contribution in [0.1, 0.15) is 6.92 Å². The molecule has 0 amide bonds. The van der Waals surface area contributed by atoms with Gasteiger partial charge >= 0.3 is 0 Å². The molecule has 0 heterocycles. The number of hydrogen-bond acceptors (Lipinski definition) is 5. The topological polar surface area (TPSA) is 84.8 Å². The number of nitrogens with one attached hydrogen (secondary N) is 2. The first-order valence-electron chi connectivity index (χ1n) is 4.55. The van der Waals surface area contributed by atoms with Crippen LogP contribution in [0.2, 0.25) is 0 Å². The van der Waals surface area contributed by atoms with Gasteiger partial charge in [0.05, 0.1) is 18.8 Å². The molecule has 2 unspecified atom stereocenters. The fourth-order valence-corrected chi connectivity index (χ4v) is 0.879. The van der Waals surface area contributed by atoms with Crippen molar-refractivity contribution >= 4 is 0 Å². The Bertz CT molecular complexity index is 112. The van der Waals surface area contributed by atoms with Gasteiger partial charge in [-0.3, -0.25) is 0 Å². The third-order valence-electron chi connectivity index (χ3n) is 1.49. The van der Waals surface area contributed by atoms with Crippen molar-refractivity contribution in [1.29, 1.82) is 0 Å². The summed E-state index contributed by atoms with van der Waals surface area (Å²) in [5.41, 5.74) is 0. The third-order valence-corrected chi connectivity index (χ3v) is 1.49. The lowest BCUT2D eigenvalue weighted by atomic mass is 10.3. The standard InChI is InChI=1S/C8H20N2O3/c1-7(12)4-10-6-8(13)5-9-2-3-11/h7-13H,2-6H2,1H3. The van der Waals surface area contributed by atoms with E-state index in [1.165, 1.54) is 0 Å². The molecule has 0 aliphatic heterocycles. The molecule has 0 aromatic heterocycles. The summed E-state index contributed by atoms with van der Waals surface area (Å²) in [5.74, 6) is 0. The Morgan fingerprint density at radius 1 is 1.08 bits per heavy atom. The predicted molar refractivity (Wildman–Crippen MR) is 50.5 cm³/mol. The highest BCUT2D eigenvalue weighted by Crippen LogP contribution is 1.79. The molecule has 5 N–H and O–H groups in total. The summed E-state index contributed by atoms with van der Waals surface area (Å²) >= 11 is 0. The van der Waals surface area contributed by atoms with Crippen LogP contribution < -0.4 is 10.6 Å². The predicted octanol–water partition coefficient (Wildman–Crippen LogP) is -2.10. The van der Waals surface area contributed by atoms with Gasteiger partial charge in [-0.05, 0) is 6.92 Å². The van der Waals surface area contributed by atoms with Crippen LogP contribution in [-0.4, -0.2) is 60.3 Å². The highest BCUT2D eigenvalue weighted by molar-refractivity contribution is 4.63. The van der Waals surface area contributed by atoms with E-state index >= 15 is 0 Å². The Labute approximate surface area is 78.8 Å². The largest absolute Gasteiger partial charge is 0.395 e.